The van der Waals surface area contributed by atoms with Gasteiger partial charge in [-0.25, -0.2) is 24.1 Å². The summed E-state index contributed by atoms with van der Waals surface area (Å²) in [6, 6.07) is 6.66. The Kier molecular flexibility index (Phi) is 6.16. The standard InChI is InChI=1S/C20H20FN7O2/c1-11(12-3-5-14(21)6-4-12)27-19(29)28-17-7-16(22)15(10-24-17)18(23)13-8-25-20(30-2)26-9-13/h3-11,23H,1-2H3,(H4,22,24,27,28,29). The largest absolute Gasteiger partial charge is 0.467 e. The molecule has 1 atom stereocenters. The minimum atomic E-state index is -0.495. The molecule has 0 aliphatic rings. The number of amides is 2. The van der Waals surface area contributed by atoms with Crippen molar-refractivity contribution in [3.8, 4) is 6.01 Å². The normalized spacial score (nSPS) is 11.4. The molecule has 0 aliphatic heterocycles. The molecule has 30 heavy (non-hydrogen) atoms. The molecule has 9 nitrogen and oxygen atoms in total. The second-order valence-electron chi connectivity index (χ2n) is 6.36. The predicted octanol–water partition coefficient (Wildman–Crippen LogP) is 2.90. The average Bonchev–Trinajstić information content (AvgIpc) is 2.74. The van der Waals surface area contributed by atoms with Crippen LogP contribution in [0.4, 0.5) is 20.7 Å². The molecule has 0 aliphatic carbocycles. The van der Waals surface area contributed by atoms with E-state index < -0.39 is 6.03 Å². The number of nitrogens with one attached hydrogen (secondary N) is 3. The van der Waals surface area contributed by atoms with Gasteiger partial charge in [0.15, 0.2) is 0 Å². The van der Waals surface area contributed by atoms with Gasteiger partial charge in [-0.05, 0) is 24.6 Å². The van der Waals surface area contributed by atoms with Gasteiger partial charge in [0.05, 0.1) is 18.9 Å². The van der Waals surface area contributed by atoms with E-state index in [4.69, 9.17) is 15.9 Å². The number of anilines is 2. The number of carbonyl (C=O) groups excluding carboxylic acids is 1. The summed E-state index contributed by atoms with van der Waals surface area (Å²) in [6.07, 6.45) is 4.29. The van der Waals surface area contributed by atoms with Crippen LogP contribution in [-0.2, 0) is 0 Å². The number of rotatable bonds is 6. The molecule has 0 bridgehead atoms. The van der Waals surface area contributed by atoms with Crippen molar-refractivity contribution in [2.45, 2.75) is 13.0 Å². The first-order chi connectivity index (χ1) is 14.4. The Balaban J connectivity index is 1.66. The third-order valence-corrected chi connectivity index (χ3v) is 4.26. The maximum atomic E-state index is 13.0. The van der Waals surface area contributed by atoms with Crippen LogP contribution in [0.3, 0.4) is 0 Å². The topological polar surface area (TPSA) is 139 Å². The summed E-state index contributed by atoms with van der Waals surface area (Å²) < 4.78 is 17.9. The Morgan fingerprint density at radius 1 is 1.17 bits per heavy atom. The third-order valence-electron chi connectivity index (χ3n) is 4.26. The number of ether oxygens (including phenoxy) is 1. The summed E-state index contributed by atoms with van der Waals surface area (Å²) >= 11 is 0. The number of nitrogen functional groups attached to an aromatic ring is 1. The first-order valence-corrected chi connectivity index (χ1v) is 8.91. The molecule has 2 aromatic heterocycles. The summed E-state index contributed by atoms with van der Waals surface area (Å²) in [5, 5.41) is 13.6. The van der Waals surface area contributed by atoms with Crippen LogP contribution in [0.5, 0.6) is 6.01 Å². The van der Waals surface area contributed by atoms with Crippen molar-refractivity contribution in [1.29, 1.82) is 5.41 Å². The Labute approximate surface area is 172 Å². The molecule has 1 unspecified atom stereocenters. The number of carbonyl (C=O) groups is 1. The third kappa shape index (κ3) is 4.85. The van der Waals surface area contributed by atoms with Crippen LogP contribution in [0, 0.1) is 11.2 Å². The van der Waals surface area contributed by atoms with Gasteiger partial charge in [0, 0.05) is 41.5 Å². The lowest BCUT2D eigenvalue weighted by Crippen LogP contribution is -2.31. The average molecular weight is 409 g/mol. The SMILES string of the molecule is COc1ncc(C(=N)c2cnc(NC(=O)NC(C)c3ccc(F)cc3)cc2N)cn1. The van der Waals surface area contributed by atoms with E-state index in [0.29, 0.717) is 11.1 Å². The fraction of sp³-hybridized carbons (Fsp3) is 0.150. The Bertz CT molecular complexity index is 1060. The zero-order valence-electron chi connectivity index (χ0n) is 16.3. The summed E-state index contributed by atoms with van der Waals surface area (Å²) in [5.41, 5.74) is 7.95. The molecule has 1 aromatic carbocycles. The molecule has 5 N–H and O–H groups in total. The minimum absolute atomic E-state index is 0.0867. The Morgan fingerprint density at radius 2 is 1.83 bits per heavy atom. The van der Waals surface area contributed by atoms with E-state index in [1.165, 1.54) is 43.9 Å². The van der Waals surface area contributed by atoms with Gasteiger partial charge in [-0.3, -0.25) is 10.7 Å². The molecule has 3 rings (SSSR count). The number of halogens is 1. The number of hydrogen-bond donors (Lipinski definition) is 4. The maximum absolute atomic E-state index is 13.0. The van der Waals surface area contributed by atoms with Crippen LogP contribution in [0.1, 0.15) is 29.7 Å². The predicted molar refractivity (Wildman–Crippen MR) is 110 cm³/mol. The highest BCUT2D eigenvalue weighted by Gasteiger charge is 2.14. The first kappa shape index (κ1) is 20.6. The van der Waals surface area contributed by atoms with Gasteiger partial charge in [0.2, 0.25) is 0 Å². The molecule has 2 heterocycles. The van der Waals surface area contributed by atoms with Crippen LogP contribution < -0.4 is 21.1 Å². The molecule has 0 fully saturated rings. The molecular weight excluding hydrogens is 389 g/mol. The summed E-state index contributed by atoms with van der Waals surface area (Å²) in [6.45, 7) is 1.77. The van der Waals surface area contributed by atoms with Gasteiger partial charge in [0.25, 0.3) is 0 Å². The van der Waals surface area contributed by atoms with Gasteiger partial charge in [-0.15, -0.1) is 0 Å². The molecule has 0 spiro atoms. The molecular formula is C20H20FN7O2. The van der Waals surface area contributed by atoms with Gasteiger partial charge in [-0.2, -0.15) is 0 Å². The minimum Gasteiger partial charge on any atom is -0.467 e. The highest BCUT2D eigenvalue weighted by Crippen LogP contribution is 2.19. The van der Waals surface area contributed by atoms with Crippen LogP contribution in [0.25, 0.3) is 0 Å². The summed E-state index contributed by atoms with van der Waals surface area (Å²) in [4.78, 5) is 24.3. The van der Waals surface area contributed by atoms with Crippen LogP contribution >= 0.6 is 0 Å². The smallest absolute Gasteiger partial charge is 0.320 e. The fourth-order valence-electron chi connectivity index (χ4n) is 2.64. The molecule has 0 radical (unpaired) electrons. The molecule has 10 heteroatoms. The van der Waals surface area contributed by atoms with Crippen molar-refractivity contribution in [3.63, 3.8) is 0 Å². The summed E-state index contributed by atoms with van der Waals surface area (Å²) in [7, 11) is 1.45. The number of benzene rings is 1. The van der Waals surface area contributed by atoms with E-state index in [-0.39, 0.29) is 35.1 Å². The molecule has 154 valence electrons. The first-order valence-electron chi connectivity index (χ1n) is 8.91. The van der Waals surface area contributed by atoms with E-state index >= 15 is 0 Å². The second-order valence-corrected chi connectivity index (χ2v) is 6.36. The Morgan fingerprint density at radius 3 is 2.43 bits per heavy atom. The lowest BCUT2D eigenvalue weighted by atomic mass is 10.1. The van der Waals surface area contributed by atoms with Gasteiger partial charge < -0.3 is 15.8 Å². The number of urea groups is 1. The fourth-order valence-corrected chi connectivity index (χ4v) is 2.64. The maximum Gasteiger partial charge on any atom is 0.320 e. The lowest BCUT2D eigenvalue weighted by molar-refractivity contribution is 0.249. The number of hydrogen-bond acceptors (Lipinski definition) is 7. The van der Waals surface area contributed by atoms with E-state index in [2.05, 4.69) is 25.6 Å². The number of nitrogens with two attached hydrogens (primary N) is 1. The zero-order chi connectivity index (χ0) is 21.7. The quantitative estimate of drug-likeness (QED) is 0.462. The van der Waals surface area contributed by atoms with Crippen molar-refractivity contribution in [1.82, 2.24) is 20.3 Å². The van der Waals surface area contributed by atoms with Crippen molar-refractivity contribution in [2.24, 2.45) is 0 Å². The van der Waals surface area contributed by atoms with Crippen molar-refractivity contribution < 1.29 is 13.9 Å². The van der Waals surface area contributed by atoms with E-state index in [1.807, 2.05) is 0 Å². The van der Waals surface area contributed by atoms with E-state index in [0.717, 1.165) is 5.56 Å². The number of aromatic nitrogens is 3. The van der Waals surface area contributed by atoms with Gasteiger partial charge >= 0.3 is 12.0 Å². The van der Waals surface area contributed by atoms with Crippen LogP contribution in [0.2, 0.25) is 0 Å². The lowest BCUT2D eigenvalue weighted by Gasteiger charge is -2.15. The highest BCUT2D eigenvalue weighted by molar-refractivity contribution is 6.13. The molecule has 2 amide bonds. The van der Waals surface area contributed by atoms with Crippen molar-refractivity contribution >= 4 is 23.2 Å². The van der Waals surface area contributed by atoms with E-state index in [1.54, 1.807) is 19.1 Å². The Hall–Kier alpha value is -4.08. The van der Waals surface area contributed by atoms with Crippen LogP contribution in [-0.4, -0.2) is 33.8 Å². The number of pyridine rings is 1. The van der Waals surface area contributed by atoms with Crippen LogP contribution in [0.15, 0.2) is 48.9 Å². The van der Waals surface area contributed by atoms with Crippen molar-refractivity contribution in [3.05, 3.63) is 71.4 Å². The van der Waals surface area contributed by atoms with Gasteiger partial charge in [0.1, 0.15) is 11.6 Å². The molecule has 0 saturated heterocycles. The monoisotopic (exact) mass is 409 g/mol. The van der Waals surface area contributed by atoms with E-state index in [9.17, 15) is 9.18 Å². The highest BCUT2D eigenvalue weighted by atomic mass is 19.1. The zero-order valence-corrected chi connectivity index (χ0v) is 16.3. The van der Waals surface area contributed by atoms with Gasteiger partial charge in [-0.1, -0.05) is 12.1 Å². The number of nitrogens with zero attached hydrogens (tertiary/aromatic N) is 3. The summed E-state index contributed by atoms with van der Waals surface area (Å²) in [5.74, 6) is -0.124. The second kappa shape index (κ2) is 8.95. The van der Waals surface area contributed by atoms with Crippen molar-refractivity contribution in [2.75, 3.05) is 18.2 Å². The molecule has 0 saturated carbocycles. The number of methoxy groups -OCH3 is 1. The molecule has 3 aromatic rings.